The Bertz CT molecular complexity index is 1390. The van der Waals surface area contributed by atoms with E-state index in [0.29, 0.717) is 22.9 Å². The Morgan fingerprint density at radius 1 is 1.13 bits per heavy atom. The Morgan fingerprint density at radius 3 is 2.44 bits per heavy atom. The van der Waals surface area contributed by atoms with Crippen molar-refractivity contribution in [3.8, 4) is 0 Å². The van der Waals surface area contributed by atoms with E-state index in [0.717, 1.165) is 29.0 Å². The van der Waals surface area contributed by atoms with E-state index in [1.807, 2.05) is 16.4 Å². The van der Waals surface area contributed by atoms with Gasteiger partial charge in [-0.15, -0.1) is 11.3 Å². The largest absolute Gasteiger partial charge is 0.481 e. The van der Waals surface area contributed by atoms with Gasteiger partial charge in [-0.2, -0.15) is 13.2 Å². The van der Waals surface area contributed by atoms with Gasteiger partial charge in [0, 0.05) is 28.0 Å². The summed E-state index contributed by atoms with van der Waals surface area (Å²) < 4.78 is 39.5. The van der Waals surface area contributed by atoms with Crippen molar-refractivity contribution >= 4 is 55.5 Å². The molecule has 0 aliphatic heterocycles. The van der Waals surface area contributed by atoms with Crippen LogP contribution in [0.4, 0.5) is 24.0 Å². The molecule has 3 aromatic rings. The number of amides is 1. The van der Waals surface area contributed by atoms with E-state index in [1.165, 1.54) is 23.5 Å². The molecule has 6 nitrogen and oxygen atoms in total. The van der Waals surface area contributed by atoms with Gasteiger partial charge in [-0.1, -0.05) is 53.2 Å². The van der Waals surface area contributed by atoms with Gasteiger partial charge in [-0.05, 0) is 53.5 Å². The van der Waals surface area contributed by atoms with Crippen LogP contribution in [0, 0.1) is 5.92 Å². The Hall–Kier alpha value is -3.44. The number of aromatic nitrogens is 1. The topological polar surface area (TPSA) is 82.5 Å². The molecular formula is C28H25BrF3N3O3S. The normalized spacial score (nSPS) is 17.0. The molecule has 2 N–H and O–H groups in total. The van der Waals surface area contributed by atoms with Crippen LogP contribution in [0.25, 0.3) is 5.57 Å². The Labute approximate surface area is 236 Å². The van der Waals surface area contributed by atoms with Crippen LogP contribution >= 0.6 is 27.3 Å². The first kappa shape index (κ1) is 28.6. The zero-order valence-electron chi connectivity index (χ0n) is 20.8. The van der Waals surface area contributed by atoms with Crippen molar-refractivity contribution in [3.63, 3.8) is 0 Å². The average molecular weight is 620 g/mol. The van der Waals surface area contributed by atoms with Crippen molar-refractivity contribution in [2.24, 2.45) is 5.92 Å². The van der Waals surface area contributed by atoms with Gasteiger partial charge in [0.15, 0.2) is 5.13 Å². The molecule has 2 aromatic carbocycles. The van der Waals surface area contributed by atoms with Crippen molar-refractivity contribution in [1.82, 2.24) is 10.3 Å². The summed E-state index contributed by atoms with van der Waals surface area (Å²) in [5.74, 6) is -1.11. The fraction of sp³-hybridized carbons (Fsp3) is 0.250. The van der Waals surface area contributed by atoms with Crippen LogP contribution in [0.5, 0.6) is 0 Å². The van der Waals surface area contributed by atoms with E-state index < -0.39 is 17.7 Å². The maximum atomic E-state index is 13.2. The lowest BCUT2D eigenvalue weighted by Crippen LogP contribution is -2.26. The van der Waals surface area contributed by atoms with Gasteiger partial charge in [0.2, 0.25) is 0 Å². The minimum atomic E-state index is -4.44. The second kappa shape index (κ2) is 12.2. The van der Waals surface area contributed by atoms with Crippen LogP contribution in [0.2, 0.25) is 0 Å². The summed E-state index contributed by atoms with van der Waals surface area (Å²) in [4.78, 5) is 29.8. The lowest BCUT2D eigenvalue weighted by Gasteiger charge is -2.23. The summed E-state index contributed by atoms with van der Waals surface area (Å²) in [7, 11) is 0. The first-order valence-electron chi connectivity index (χ1n) is 12.0. The van der Waals surface area contributed by atoms with E-state index in [4.69, 9.17) is 10.1 Å². The van der Waals surface area contributed by atoms with Gasteiger partial charge in [-0.3, -0.25) is 9.59 Å². The van der Waals surface area contributed by atoms with E-state index in [-0.39, 0.29) is 29.6 Å². The average Bonchev–Trinajstić information content (AvgIpc) is 3.38. The number of benzene rings is 2. The number of carbonyl (C=O) groups is 2. The smallest absolute Gasteiger partial charge is 0.416 e. The van der Waals surface area contributed by atoms with Crippen molar-refractivity contribution < 1.29 is 27.9 Å². The number of rotatable bonds is 9. The Balaban J connectivity index is 1.59. The molecule has 1 heterocycles. The van der Waals surface area contributed by atoms with Crippen LogP contribution < -0.4 is 10.2 Å². The number of halogens is 4. The second-order valence-electron chi connectivity index (χ2n) is 9.03. The summed E-state index contributed by atoms with van der Waals surface area (Å²) in [5.41, 5.74) is 2.74. The molecule has 0 fully saturated rings. The minimum absolute atomic E-state index is 0.0185. The SMILES string of the molecule is CC1C=C(c2csc(N(Cc3ccc(C(=O)NCCC(=O)O)cc3)c3ccc(C(F)(F)F)cc3)n2)C=CC1Br. The van der Waals surface area contributed by atoms with E-state index >= 15 is 0 Å². The number of aliphatic carboxylic acids is 1. The molecule has 0 spiro atoms. The molecular weight excluding hydrogens is 595 g/mol. The highest BCUT2D eigenvalue weighted by atomic mass is 79.9. The maximum absolute atomic E-state index is 13.2. The number of allylic oxidation sites excluding steroid dienone is 4. The van der Waals surface area contributed by atoms with E-state index in [2.05, 4.69) is 40.3 Å². The van der Waals surface area contributed by atoms with Gasteiger partial charge in [0.05, 0.1) is 24.2 Å². The third kappa shape index (κ3) is 7.36. The number of hydrogen-bond acceptors (Lipinski definition) is 5. The van der Waals surface area contributed by atoms with E-state index in [1.54, 1.807) is 24.3 Å². The summed E-state index contributed by atoms with van der Waals surface area (Å²) in [6.07, 6.45) is 1.57. The number of carbonyl (C=O) groups excluding carboxylic acids is 1. The van der Waals surface area contributed by atoms with Gasteiger partial charge < -0.3 is 15.3 Å². The minimum Gasteiger partial charge on any atom is -0.481 e. The number of alkyl halides is 4. The molecule has 1 aliphatic rings. The number of carboxylic acids is 1. The Kier molecular flexibility index (Phi) is 8.91. The monoisotopic (exact) mass is 619 g/mol. The molecule has 0 bridgehead atoms. The molecule has 39 heavy (non-hydrogen) atoms. The summed E-state index contributed by atoms with van der Waals surface area (Å²) in [6.45, 7) is 2.42. The fourth-order valence-corrected chi connectivity index (χ4v) is 5.08. The number of hydrogen-bond donors (Lipinski definition) is 2. The van der Waals surface area contributed by atoms with E-state index in [9.17, 15) is 22.8 Å². The van der Waals surface area contributed by atoms with Crippen LogP contribution in [-0.2, 0) is 17.5 Å². The van der Waals surface area contributed by atoms with Crippen molar-refractivity contribution in [1.29, 1.82) is 0 Å². The third-order valence-electron chi connectivity index (χ3n) is 6.11. The van der Waals surface area contributed by atoms with Crippen LogP contribution in [0.3, 0.4) is 0 Å². The number of carboxylic acid groups (broad SMARTS) is 1. The standard InChI is InChI=1S/C28H25BrF3N3O3S/c1-17-14-20(6-11-23(17)29)24-16-39-27(34-24)35(22-9-7-21(8-10-22)28(30,31)32)15-18-2-4-19(5-3-18)26(38)33-13-12-25(36)37/h2-11,14,16-17,23H,12-13,15H2,1H3,(H,33,38)(H,36,37). The zero-order chi connectivity index (χ0) is 28.2. The molecule has 4 rings (SSSR count). The molecule has 2 unspecified atom stereocenters. The molecule has 1 aromatic heterocycles. The number of nitrogens with one attached hydrogen (secondary N) is 1. The summed E-state index contributed by atoms with van der Waals surface area (Å²) in [6, 6.07) is 11.7. The molecule has 1 amide bonds. The molecule has 11 heteroatoms. The number of anilines is 2. The van der Waals surface area contributed by atoms with Crippen LogP contribution in [0.15, 0.2) is 72.1 Å². The van der Waals surface area contributed by atoms with Gasteiger partial charge in [0.25, 0.3) is 5.91 Å². The lowest BCUT2D eigenvalue weighted by atomic mass is 9.96. The molecule has 2 atom stereocenters. The third-order valence-corrected chi connectivity index (χ3v) is 8.11. The van der Waals surface area contributed by atoms with Gasteiger partial charge in [-0.25, -0.2) is 4.98 Å². The number of nitrogens with zero attached hydrogens (tertiary/aromatic N) is 2. The first-order chi connectivity index (χ1) is 18.5. The molecule has 0 saturated heterocycles. The molecule has 1 aliphatic carbocycles. The van der Waals surface area contributed by atoms with Gasteiger partial charge in [0.1, 0.15) is 0 Å². The maximum Gasteiger partial charge on any atom is 0.416 e. The molecule has 0 saturated carbocycles. The van der Waals surface area contributed by atoms with Crippen LogP contribution in [0.1, 0.15) is 40.5 Å². The highest BCUT2D eigenvalue weighted by Crippen LogP contribution is 2.36. The van der Waals surface area contributed by atoms with Crippen molar-refractivity contribution in [2.75, 3.05) is 11.4 Å². The predicted molar refractivity (Wildman–Crippen MR) is 149 cm³/mol. The quantitative estimate of drug-likeness (QED) is 0.251. The van der Waals surface area contributed by atoms with Gasteiger partial charge >= 0.3 is 12.1 Å². The van der Waals surface area contributed by atoms with Crippen LogP contribution in [-0.4, -0.2) is 33.3 Å². The second-order valence-corrected chi connectivity index (χ2v) is 10.9. The fourth-order valence-electron chi connectivity index (χ4n) is 3.92. The molecule has 0 radical (unpaired) electrons. The highest BCUT2D eigenvalue weighted by Gasteiger charge is 2.30. The first-order valence-corrected chi connectivity index (χ1v) is 13.8. The zero-order valence-corrected chi connectivity index (χ0v) is 23.2. The Morgan fingerprint density at radius 2 is 1.82 bits per heavy atom. The van der Waals surface area contributed by atoms with Crippen molar-refractivity contribution in [3.05, 3.63) is 94.5 Å². The summed E-state index contributed by atoms with van der Waals surface area (Å²) >= 11 is 5.01. The van der Waals surface area contributed by atoms with Crippen molar-refractivity contribution in [2.45, 2.75) is 30.9 Å². The summed E-state index contributed by atoms with van der Waals surface area (Å²) in [5, 5.41) is 13.8. The predicted octanol–water partition coefficient (Wildman–Crippen LogP) is 7.06. The lowest BCUT2D eigenvalue weighted by molar-refractivity contribution is -0.138. The molecule has 204 valence electrons. The number of thiazole rings is 1. The highest BCUT2D eigenvalue weighted by molar-refractivity contribution is 9.09.